The van der Waals surface area contributed by atoms with Crippen molar-refractivity contribution in [2.45, 2.75) is 32.7 Å². The van der Waals surface area contributed by atoms with Crippen molar-refractivity contribution in [1.29, 1.82) is 0 Å². The first-order valence-corrected chi connectivity index (χ1v) is 9.96. The number of carbonyl (C=O) groups excluding carboxylic acids is 1. The summed E-state index contributed by atoms with van der Waals surface area (Å²) in [5.74, 6) is 0.941. The number of hydrogen-bond acceptors (Lipinski definition) is 5. The summed E-state index contributed by atoms with van der Waals surface area (Å²) in [6.45, 7) is 8.89. The maximum atomic E-state index is 13.1. The Balaban J connectivity index is 0.00000392. The zero-order chi connectivity index (χ0) is 19.7. The average Bonchev–Trinajstić information content (AvgIpc) is 2.71. The minimum Gasteiger partial charge on any atom is -0.497 e. The first-order chi connectivity index (χ1) is 13.1. The molecule has 1 aliphatic rings. The van der Waals surface area contributed by atoms with E-state index in [9.17, 15) is 4.79 Å². The van der Waals surface area contributed by atoms with Crippen molar-refractivity contribution < 1.29 is 14.3 Å². The van der Waals surface area contributed by atoms with Crippen LogP contribution in [-0.2, 0) is 9.53 Å². The number of halogens is 2. The fraction of sp³-hybridized carbons (Fsp3) is 0.667. The van der Waals surface area contributed by atoms with Crippen molar-refractivity contribution in [3.05, 3.63) is 29.8 Å². The van der Waals surface area contributed by atoms with Gasteiger partial charge in [0.2, 0.25) is 5.91 Å². The van der Waals surface area contributed by atoms with E-state index in [1.807, 2.05) is 12.1 Å². The van der Waals surface area contributed by atoms with E-state index in [0.717, 1.165) is 50.3 Å². The summed E-state index contributed by atoms with van der Waals surface area (Å²) in [6.07, 6.45) is 1.61. The van der Waals surface area contributed by atoms with E-state index in [2.05, 4.69) is 41.5 Å². The van der Waals surface area contributed by atoms with Crippen LogP contribution in [-0.4, -0.2) is 64.4 Å². The van der Waals surface area contributed by atoms with Gasteiger partial charge in [0, 0.05) is 13.7 Å². The van der Waals surface area contributed by atoms with E-state index >= 15 is 0 Å². The average molecular weight is 450 g/mol. The molecule has 1 saturated heterocycles. The number of carbonyl (C=O) groups is 1. The smallest absolute Gasteiger partial charge is 0.228 e. The largest absolute Gasteiger partial charge is 0.497 e. The molecule has 2 rings (SSSR count). The maximum absolute atomic E-state index is 13.1. The van der Waals surface area contributed by atoms with Gasteiger partial charge in [0.15, 0.2) is 0 Å². The van der Waals surface area contributed by atoms with Gasteiger partial charge in [0.25, 0.3) is 0 Å². The molecule has 1 heterocycles. The molecule has 1 aliphatic heterocycles. The van der Waals surface area contributed by atoms with Gasteiger partial charge >= 0.3 is 0 Å². The first kappa shape index (κ1) is 27.9. The Morgan fingerprint density at radius 2 is 1.86 bits per heavy atom. The molecule has 1 atom stereocenters. The molecule has 0 spiro atoms. The molecule has 6 nitrogen and oxygen atoms in total. The molecule has 0 bridgehead atoms. The summed E-state index contributed by atoms with van der Waals surface area (Å²) in [5, 5.41) is 6.57. The van der Waals surface area contributed by atoms with Gasteiger partial charge in [-0.15, -0.1) is 24.8 Å². The second-order valence-corrected chi connectivity index (χ2v) is 7.19. The molecule has 0 saturated carbocycles. The SMILES string of the molecule is CCN(CC)C(CNC(=O)C1(COC)CCNCC1)c1cccc(OC)c1.Cl.Cl. The van der Waals surface area contributed by atoms with Crippen molar-refractivity contribution >= 4 is 30.7 Å². The summed E-state index contributed by atoms with van der Waals surface area (Å²) < 4.78 is 10.8. The van der Waals surface area contributed by atoms with Crippen LogP contribution in [0.25, 0.3) is 0 Å². The van der Waals surface area contributed by atoms with E-state index in [0.29, 0.717) is 13.2 Å². The second kappa shape index (κ2) is 14.0. The van der Waals surface area contributed by atoms with Crippen LogP contribution in [0.15, 0.2) is 24.3 Å². The van der Waals surface area contributed by atoms with Gasteiger partial charge in [-0.25, -0.2) is 0 Å². The van der Waals surface area contributed by atoms with Gasteiger partial charge in [-0.2, -0.15) is 0 Å². The highest BCUT2D eigenvalue weighted by atomic mass is 35.5. The van der Waals surface area contributed by atoms with Crippen molar-refractivity contribution in [2.75, 3.05) is 53.6 Å². The molecule has 0 aromatic heterocycles. The highest BCUT2D eigenvalue weighted by Crippen LogP contribution is 2.30. The molecule has 1 amide bonds. The van der Waals surface area contributed by atoms with E-state index in [1.54, 1.807) is 14.2 Å². The quantitative estimate of drug-likeness (QED) is 0.574. The van der Waals surface area contributed by atoms with Gasteiger partial charge in [-0.05, 0) is 56.7 Å². The zero-order valence-electron chi connectivity index (χ0n) is 18.0. The predicted molar refractivity (Wildman–Crippen MR) is 123 cm³/mol. The Hall–Kier alpha value is -1.05. The van der Waals surface area contributed by atoms with Gasteiger partial charge in [0.05, 0.1) is 25.2 Å². The predicted octanol–water partition coefficient (Wildman–Crippen LogP) is 3.05. The van der Waals surface area contributed by atoms with E-state index in [1.165, 1.54) is 0 Å². The fourth-order valence-electron chi connectivity index (χ4n) is 3.97. The first-order valence-electron chi connectivity index (χ1n) is 9.96. The van der Waals surface area contributed by atoms with Crippen molar-refractivity contribution in [3.8, 4) is 5.75 Å². The standard InChI is InChI=1S/C21H35N3O3.2ClH/c1-5-24(6-2)19(17-8-7-9-18(14-17)27-4)15-23-20(25)21(16-26-3)10-12-22-13-11-21;;/h7-9,14,19,22H,5-6,10-13,15-16H2,1-4H3,(H,23,25);2*1H. The summed E-state index contributed by atoms with van der Waals surface area (Å²) in [5.41, 5.74) is 0.729. The lowest BCUT2D eigenvalue weighted by Crippen LogP contribution is -2.51. The number of ether oxygens (including phenoxy) is 2. The topological polar surface area (TPSA) is 62.8 Å². The lowest BCUT2D eigenvalue weighted by Gasteiger charge is -2.37. The molecule has 1 unspecified atom stereocenters. The lowest BCUT2D eigenvalue weighted by atomic mass is 9.78. The van der Waals surface area contributed by atoms with Crippen LogP contribution in [0, 0.1) is 5.41 Å². The molecule has 1 aromatic rings. The normalized spacial score (nSPS) is 16.3. The Bertz CT molecular complexity index is 589. The molecular formula is C21H37Cl2N3O3. The number of nitrogens with zero attached hydrogens (tertiary/aromatic N) is 1. The summed E-state index contributed by atoms with van der Waals surface area (Å²) in [4.78, 5) is 15.5. The van der Waals surface area contributed by atoms with Crippen LogP contribution in [0.1, 0.15) is 38.3 Å². The molecule has 2 N–H and O–H groups in total. The monoisotopic (exact) mass is 449 g/mol. The molecule has 8 heteroatoms. The molecule has 1 fully saturated rings. The number of benzene rings is 1. The minimum absolute atomic E-state index is 0. The number of amides is 1. The van der Waals surface area contributed by atoms with Gasteiger partial charge < -0.3 is 20.1 Å². The van der Waals surface area contributed by atoms with Crippen LogP contribution >= 0.6 is 24.8 Å². The number of rotatable bonds is 10. The number of piperidine rings is 1. The number of nitrogens with one attached hydrogen (secondary N) is 2. The third kappa shape index (κ3) is 7.30. The van der Waals surface area contributed by atoms with Crippen LogP contribution in [0.5, 0.6) is 5.75 Å². The number of methoxy groups -OCH3 is 2. The van der Waals surface area contributed by atoms with E-state index in [4.69, 9.17) is 9.47 Å². The molecule has 168 valence electrons. The highest BCUT2D eigenvalue weighted by Gasteiger charge is 2.39. The zero-order valence-corrected chi connectivity index (χ0v) is 19.7. The van der Waals surface area contributed by atoms with Crippen LogP contribution < -0.4 is 15.4 Å². The van der Waals surface area contributed by atoms with Crippen LogP contribution in [0.3, 0.4) is 0 Å². The lowest BCUT2D eigenvalue weighted by molar-refractivity contribution is -0.136. The third-order valence-electron chi connectivity index (χ3n) is 5.65. The van der Waals surface area contributed by atoms with Gasteiger partial charge in [-0.3, -0.25) is 9.69 Å². The van der Waals surface area contributed by atoms with Crippen molar-refractivity contribution in [2.24, 2.45) is 5.41 Å². The number of hydrogen-bond donors (Lipinski definition) is 2. The summed E-state index contributed by atoms with van der Waals surface area (Å²) in [6, 6.07) is 8.23. The number of likely N-dealkylation sites (N-methyl/N-ethyl adjacent to an activating group) is 1. The summed E-state index contributed by atoms with van der Waals surface area (Å²) >= 11 is 0. The summed E-state index contributed by atoms with van der Waals surface area (Å²) in [7, 11) is 3.35. The molecule has 0 radical (unpaired) electrons. The molecule has 29 heavy (non-hydrogen) atoms. The maximum Gasteiger partial charge on any atom is 0.228 e. The van der Waals surface area contributed by atoms with Crippen molar-refractivity contribution in [1.82, 2.24) is 15.5 Å². The Morgan fingerprint density at radius 1 is 1.21 bits per heavy atom. The Labute approximate surface area is 187 Å². The fourth-order valence-corrected chi connectivity index (χ4v) is 3.97. The van der Waals surface area contributed by atoms with E-state index in [-0.39, 0.29) is 36.8 Å². The highest BCUT2D eigenvalue weighted by molar-refractivity contribution is 5.85. The molecular weight excluding hydrogens is 413 g/mol. The van der Waals surface area contributed by atoms with Gasteiger partial charge in [-0.1, -0.05) is 26.0 Å². The minimum atomic E-state index is -0.428. The third-order valence-corrected chi connectivity index (χ3v) is 5.65. The second-order valence-electron chi connectivity index (χ2n) is 7.19. The Kier molecular flexibility index (Phi) is 13.5. The van der Waals surface area contributed by atoms with E-state index < -0.39 is 5.41 Å². The van der Waals surface area contributed by atoms with Crippen LogP contribution in [0.4, 0.5) is 0 Å². The molecule has 0 aliphatic carbocycles. The van der Waals surface area contributed by atoms with Crippen molar-refractivity contribution in [3.63, 3.8) is 0 Å². The molecule has 1 aromatic carbocycles. The Morgan fingerprint density at radius 3 is 2.41 bits per heavy atom. The van der Waals surface area contributed by atoms with Gasteiger partial charge in [0.1, 0.15) is 5.75 Å². The van der Waals surface area contributed by atoms with Crippen LogP contribution in [0.2, 0.25) is 0 Å².